The summed E-state index contributed by atoms with van der Waals surface area (Å²) in [7, 11) is -3.47. The summed E-state index contributed by atoms with van der Waals surface area (Å²) in [6.07, 6.45) is -1.40. The molecule has 3 heterocycles. The van der Waals surface area contributed by atoms with Crippen molar-refractivity contribution in [3.8, 4) is 0 Å². The summed E-state index contributed by atoms with van der Waals surface area (Å²) in [5.74, 6) is -3.63. The van der Waals surface area contributed by atoms with Gasteiger partial charge in [0.1, 0.15) is 11.6 Å². The third kappa shape index (κ3) is 7.46. The molecule has 5 unspecified atom stereocenters. The second-order valence-electron chi connectivity index (χ2n) is 11.3. The molecule has 2 aromatic carbocycles. The lowest BCUT2D eigenvalue weighted by Crippen LogP contribution is -2.57. The molecule has 242 valence electrons. The van der Waals surface area contributed by atoms with Gasteiger partial charge in [-0.15, -0.1) is 0 Å². The predicted octanol–water partition coefficient (Wildman–Crippen LogP) is 4.83. The van der Waals surface area contributed by atoms with Crippen LogP contribution < -0.4 is 16.4 Å². The van der Waals surface area contributed by atoms with Crippen LogP contribution in [0.15, 0.2) is 54.9 Å². The zero-order valence-electron chi connectivity index (χ0n) is 23.8. The Hall–Kier alpha value is -3.17. The first-order chi connectivity index (χ1) is 21.2. The third-order valence-corrected chi connectivity index (χ3v) is 10.5. The Balaban J connectivity index is 1.41. The van der Waals surface area contributed by atoms with Crippen LogP contribution in [0.25, 0.3) is 0 Å². The topological polar surface area (TPSA) is 117 Å². The summed E-state index contributed by atoms with van der Waals surface area (Å²) in [6.45, 7) is 0.731. The van der Waals surface area contributed by atoms with Crippen LogP contribution >= 0.6 is 11.6 Å². The van der Waals surface area contributed by atoms with E-state index in [0.29, 0.717) is 25.7 Å². The molecule has 0 radical (unpaired) electrons. The number of alkyl halides is 3. The standard InChI is InChI=1S/C30H31ClF5N5O3S/c31-23-9-6-17(12-25(23)33)27(18-11-19(14-38-13-18)30(34,35)36)28(37)29(42)40-26-5-1-4-24(32)22(26)8-7-21-15-39-20-3-2-10-45(43,44)41(21)16-20/h1,4-6,9,11-14,20-21,27-28,39H,2-3,7-8,10,15-16,37H2,(H,40,42). The molecule has 2 aliphatic rings. The Labute approximate surface area is 262 Å². The van der Waals surface area contributed by atoms with E-state index in [4.69, 9.17) is 17.3 Å². The first-order valence-electron chi connectivity index (χ1n) is 14.3. The predicted molar refractivity (Wildman–Crippen MR) is 159 cm³/mol. The van der Waals surface area contributed by atoms with E-state index in [9.17, 15) is 30.8 Å². The maximum Gasteiger partial charge on any atom is 0.417 e. The number of carbonyl (C=O) groups is 1. The molecule has 5 rings (SSSR count). The van der Waals surface area contributed by atoms with Crippen LogP contribution in [0, 0.1) is 11.6 Å². The number of nitrogens with two attached hydrogens (primary N) is 1. The van der Waals surface area contributed by atoms with Crippen molar-refractivity contribution in [2.24, 2.45) is 5.73 Å². The molecule has 1 amide bonds. The molecule has 2 aliphatic heterocycles. The number of piperazine rings is 1. The smallest absolute Gasteiger partial charge is 0.324 e. The summed E-state index contributed by atoms with van der Waals surface area (Å²) in [5.41, 5.74) is 5.41. The van der Waals surface area contributed by atoms with Crippen molar-refractivity contribution in [3.63, 3.8) is 0 Å². The van der Waals surface area contributed by atoms with E-state index in [1.165, 1.54) is 34.6 Å². The number of benzene rings is 2. The lowest BCUT2D eigenvalue weighted by atomic mass is 9.85. The molecule has 3 aromatic rings. The van der Waals surface area contributed by atoms with E-state index in [-0.39, 0.29) is 52.0 Å². The number of sulfonamides is 1. The van der Waals surface area contributed by atoms with Crippen LogP contribution in [0.4, 0.5) is 27.6 Å². The Morgan fingerprint density at radius 3 is 2.64 bits per heavy atom. The van der Waals surface area contributed by atoms with Crippen molar-refractivity contribution in [2.45, 2.75) is 55.9 Å². The van der Waals surface area contributed by atoms with Crippen molar-refractivity contribution in [3.05, 3.63) is 93.8 Å². The number of hydrogen-bond donors (Lipinski definition) is 3. The molecule has 4 N–H and O–H groups in total. The largest absolute Gasteiger partial charge is 0.417 e. The van der Waals surface area contributed by atoms with E-state index in [2.05, 4.69) is 15.6 Å². The van der Waals surface area contributed by atoms with E-state index in [1.54, 1.807) is 0 Å². The number of aromatic nitrogens is 1. The monoisotopic (exact) mass is 671 g/mol. The number of rotatable bonds is 8. The summed E-state index contributed by atoms with van der Waals surface area (Å²) in [5, 5.41) is 5.71. The highest BCUT2D eigenvalue weighted by Gasteiger charge is 2.38. The maximum absolute atomic E-state index is 15.2. The number of nitrogens with zero attached hydrogens (tertiary/aromatic N) is 2. The minimum Gasteiger partial charge on any atom is -0.324 e. The summed E-state index contributed by atoms with van der Waals surface area (Å²) in [4.78, 5) is 17.2. The van der Waals surface area contributed by atoms with Gasteiger partial charge in [-0.1, -0.05) is 23.7 Å². The number of amides is 1. The van der Waals surface area contributed by atoms with Gasteiger partial charge in [-0.3, -0.25) is 9.78 Å². The quantitative estimate of drug-likeness (QED) is 0.296. The molecule has 2 saturated heterocycles. The van der Waals surface area contributed by atoms with E-state index < -0.39 is 57.3 Å². The van der Waals surface area contributed by atoms with Crippen molar-refractivity contribution in [2.75, 3.05) is 24.2 Å². The Kier molecular flexibility index (Phi) is 9.80. The number of pyridine rings is 1. The molecular formula is C30H31ClF5N5O3S. The van der Waals surface area contributed by atoms with Crippen molar-refractivity contribution < 1.29 is 35.2 Å². The molecule has 45 heavy (non-hydrogen) atoms. The molecule has 15 heteroatoms. The molecule has 2 fully saturated rings. The molecule has 1 aromatic heterocycles. The minimum absolute atomic E-state index is 0.0423. The van der Waals surface area contributed by atoms with Gasteiger partial charge in [0.15, 0.2) is 0 Å². The fourth-order valence-corrected chi connectivity index (χ4v) is 7.87. The summed E-state index contributed by atoms with van der Waals surface area (Å²) in [6, 6.07) is 6.38. The lowest BCUT2D eigenvalue weighted by Gasteiger charge is -2.37. The lowest BCUT2D eigenvalue weighted by molar-refractivity contribution is -0.137. The normalized spacial score (nSPS) is 22.7. The van der Waals surface area contributed by atoms with Gasteiger partial charge in [-0.25, -0.2) is 17.2 Å². The zero-order valence-corrected chi connectivity index (χ0v) is 25.4. The molecule has 0 aliphatic carbocycles. The van der Waals surface area contributed by atoms with Crippen LogP contribution in [0.1, 0.15) is 47.4 Å². The van der Waals surface area contributed by atoms with Gasteiger partial charge in [0.2, 0.25) is 15.9 Å². The van der Waals surface area contributed by atoms with Gasteiger partial charge < -0.3 is 16.4 Å². The summed E-state index contributed by atoms with van der Waals surface area (Å²) >= 11 is 5.81. The van der Waals surface area contributed by atoms with Crippen LogP contribution in [0.3, 0.4) is 0 Å². The van der Waals surface area contributed by atoms with Crippen LogP contribution in [-0.2, 0) is 27.4 Å². The van der Waals surface area contributed by atoms with Crippen molar-refractivity contribution >= 4 is 33.2 Å². The fraction of sp³-hybridized carbons (Fsp3) is 0.400. The minimum atomic E-state index is -4.75. The Morgan fingerprint density at radius 1 is 1.13 bits per heavy atom. The molecule has 2 bridgehead atoms. The highest BCUT2D eigenvalue weighted by atomic mass is 35.5. The SMILES string of the molecule is NC(C(=O)Nc1cccc(F)c1CCC1CNC2CCCS(=O)(=O)N1C2)C(c1cncc(C(F)(F)F)c1)c1ccc(Cl)c(F)c1. The van der Waals surface area contributed by atoms with Gasteiger partial charge in [0, 0.05) is 54.7 Å². The van der Waals surface area contributed by atoms with Crippen molar-refractivity contribution in [1.29, 1.82) is 0 Å². The molecule has 0 saturated carbocycles. The average molecular weight is 672 g/mol. The average Bonchev–Trinajstić information content (AvgIpc) is 3.10. The van der Waals surface area contributed by atoms with Crippen LogP contribution in [-0.4, -0.2) is 60.6 Å². The van der Waals surface area contributed by atoms with E-state index >= 15 is 4.39 Å². The zero-order chi connectivity index (χ0) is 32.5. The van der Waals surface area contributed by atoms with Crippen LogP contribution in [0.2, 0.25) is 5.02 Å². The number of hydrogen-bond acceptors (Lipinski definition) is 6. The second-order valence-corrected chi connectivity index (χ2v) is 13.7. The molecule has 8 nitrogen and oxygen atoms in total. The van der Waals surface area contributed by atoms with Gasteiger partial charge in [-0.05, 0) is 67.1 Å². The van der Waals surface area contributed by atoms with Crippen molar-refractivity contribution in [1.82, 2.24) is 14.6 Å². The molecular weight excluding hydrogens is 641 g/mol. The second kappa shape index (κ2) is 13.3. The van der Waals surface area contributed by atoms with Gasteiger partial charge in [0.05, 0.1) is 22.4 Å². The Morgan fingerprint density at radius 2 is 1.91 bits per heavy atom. The van der Waals surface area contributed by atoms with Gasteiger partial charge >= 0.3 is 6.18 Å². The Bertz CT molecular complexity index is 1680. The first-order valence-corrected chi connectivity index (χ1v) is 16.3. The number of halogens is 6. The number of carbonyl (C=O) groups excluding carboxylic acids is 1. The third-order valence-electron chi connectivity index (χ3n) is 8.28. The van der Waals surface area contributed by atoms with E-state index in [1.807, 2.05) is 0 Å². The van der Waals surface area contributed by atoms with Gasteiger partial charge in [0.25, 0.3) is 0 Å². The number of anilines is 1. The number of fused-ring (bicyclic) bond motifs is 2. The van der Waals surface area contributed by atoms with Crippen LogP contribution in [0.5, 0.6) is 0 Å². The van der Waals surface area contributed by atoms with Gasteiger partial charge in [-0.2, -0.15) is 17.5 Å². The fourth-order valence-electron chi connectivity index (χ4n) is 5.95. The molecule has 0 spiro atoms. The van der Waals surface area contributed by atoms with E-state index in [0.717, 1.165) is 24.8 Å². The number of nitrogens with one attached hydrogen (secondary N) is 2. The first kappa shape index (κ1) is 33.2. The highest BCUT2D eigenvalue weighted by molar-refractivity contribution is 7.89. The highest BCUT2D eigenvalue weighted by Crippen LogP contribution is 2.35. The molecule has 5 atom stereocenters. The summed E-state index contributed by atoms with van der Waals surface area (Å²) < 4.78 is 97.4. The maximum atomic E-state index is 15.2.